The van der Waals surface area contributed by atoms with Crippen LogP contribution in [0.3, 0.4) is 0 Å². The lowest BCUT2D eigenvalue weighted by Gasteiger charge is -2.15. The SMILES string of the molecule is Cc1cc(F)ccc1S(=O)(=O)N[C@@H](CCC(=O)O)C(=O)O. The fraction of sp³-hybridized carbons (Fsp3) is 0.333. The van der Waals surface area contributed by atoms with Crippen molar-refractivity contribution in [2.24, 2.45) is 0 Å². The van der Waals surface area contributed by atoms with Crippen LogP contribution in [0.4, 0.5) is 4.39 Å². The molecule has 0 radical (unpaired) electrons. The summed E-state index contributed by atoms with van der Waals surface area (Å²) in [6, 6.07) is 1.38. The maximum absolute atomic E-state index is 13.0. The number of aryl methyl sites for hydroxylation is 1. The molecule has 0 spiro atoms. The summed E-state index contributed by atoms with van der Waals surface area (Å²) in [6.07, 6.45) is -0.897. The van der Waals surface area contributed by atoms with Gasteiger partial charge in [0.2, 0.25) is 10.0 Å². The zero-order valence-corrected chi connectivity index (χ0v) is 11.9. The van der Waals surface area contributed by atoms with Gasteiger partial charge in [0, 0.05) is 6.42 Å². The highest BCUT2D eigenvalue weighted by molar-refractivity contribution is 7.89. The van der Waals surface area contributed by atoms with Gasteiger partial charge in [-0.25, -0.2) is 12.8 Å². The van der Waals surface area contributed by atoms with E-state index >= 15 is 0 Å². The molecule has 0 saturated carbocycles. The number of hydrogen-bond acceptors (Lipinski definition) is 4. The van der Waals surface area contributed by atoms with E-state index in [0.29, 0.717) is 0 Å². The van der Waals surface area contributed by atoms with Crippen molar-refractivity contribution in [1.82, 2.24) is 4.72 Å². The number of hydrogen-bond donors (Lipinski definition) is 3. The Morgan fingerprint density at radius 2 is 1.95 bits per heavy atom. The summed E-state index contributed by atoms with van der Waals surface area (Å²) >= 11 is 0. The molecule has 1 rings (SSSR count). The van der Waals surface area contributed by atoms with Crippen LogP contribution in [0.15, 0.2) is 23.1 Å². The molecule has 1 aromatic rings. The predicted molar refractivity (Wildman–Crippen MR) is 69.8 cm³/mol. The second kappa shape index (κ2) is 6.64. The number of benzene rings is 1. The first-order valence-corrected chi connectivity index (χ1v) is 7.35. The molecule has 0 heterocycles. The Morgan fingerprint density at radius 1 is 1.33 bits per heavy atom. The first-order chi connectivity index (χ1) is 9.63. The first-order valence-electron chi connectivity index (χ1n) is 5.86. The molecule has 9 heteroatoms. The molecule has 0 aliphatic carbocycles. The number of carboxylic acids is 2. The van der Waals surface area contributed by atoms with Gasteiger partial charge >= 0.3 is 11.9 Å². The minimum Gasteiger partial charge on any atom is -0.481 e. The topological polar surface area (TPSA) is 121 Å². The largest absolute Gasteiger partial charge is 0.481 e. The molecule has 3 N–H and O–H groups in total. The highest BCUT2D eigenvalue weighted by Gasteiger charge is 2.27. The lowest BCUT2D eigenvalue weighted by atomic mass is 10.2. The number of carbonyl (C=O) groups is 2. The Labute approximate surface area is 120 Å². The summed E-state index contributed by atoms with van der Waals surface area (Å²) in [5.41, 5.74) is 0.116. The Balaban J connectivity index is 3.00. The fourth-order valence-corrected chi connectivity index (χ4v) is 3.12. The predicted octanol–water partition coefficient (Wildman–Crippen LogP) is 0.730. The van der Waals surface area contributed by atoms with Crippen LogP contribution >= 0.6 is 0 Å². The number of nitrogens with one attached hydrogen (secondary N) is 1. The van der Waals surface area contributed by atoms with Gasteiger partial charge in [0.15, 0.2) is 0 Å². The van der Waals surface area contributed by atoms with Gasteiger partial charge in [0.25, 0.3) is 0 Å². The lowest BCUT2D eigenvalue weighted by Crippen LogP contribution is -2.41. The molecular weight excluding hydrogens is 305 g/mol. The van der Waals surface area contributed by atoms with Crippen molar-refractivity contribution in [3.05, 3.63) is 29.6 Å². The highest BCUT2D eigenvalue weighted by atomic mass is 32.2. The van der Waals surface area contributed by atoms with E-state index < -0.39 is 46.7 Å². The molecular formula is C12H14FNO6S. The van der Waals surface area contributed by atoms with Gasteiger partial charge in [-0.3, -0.25) is 9.59 Å². The molecule has 0 fully saturated rings. The third-order valence-corrected chi connectivity index (χ3v) is 4.30. The molecule has 21 heavy (non-hydrogen) atoms. The van der Waals surface area contributed by atoms with Crippen LogP contribution in [0.5, 0.6) is 0 Å². The quantitative estimate of drug-likeness (QED) is 0.681. The number of aliphatic carboxylic acids is 2. The molecule has 116 valence electrons. The summed E-state index contributed by atoms with van der Waals surface area (Å²) in [4.78, 5) is 21.2. The van der Waals surface area contributed by atoms with Gasteiger partial charge in [-0.2, -0.15) is 4.72 Å². The van der Waals surface area contributed by atoms with Crippen LogP contribution in [0, 0.1) is 12.7 Å². The lowest BCUT2D eigenvalue weighted by molar-refractivity contribution is -0.140. The maximum atomic E-state index is 13.0. The summed E-state index contributed by atoms with van der Waals surface area (Å²) in [6.45, 7) is 1.37. The first kappa shape index (κ1) is 17.1. The molecule has 0 saturated heterocycles. The van der Waals surface area contributed by atoms with E-state index in [1.54, 1.807) is 0 Å². The maximum Gasteiger partial charge on any atom is 0.321 e. The van der Waals surface area contributed by atoms with E-state index in [9.17, 15) is 22.4 Å². The van der Waals surface area contributed by atoms with Crippen LogP contribution in [0.1, 0.15) is 18.4 Å². The average molecular weight is 319 g/mol. The second-order valence-corrected chi connectivity index (χ2v) is 6.04. The van der Waals surface area contributed by atoms with Crippen molar-refractivity contribution in [2.45, 2.75) is 30.7 Å². The molecule has 0 bridgehead atoms. The van der Waals surface area contributed by atoms with Gasteiger partial charge in [-0.1, -0.05) is 0 Å². The Bertz CT molecular complexity index is 658. The van der Waals surface area contributed by atoms with Crippen LogP contribution < -0.4 is 4.72 Å². The van der Waals surface area contributed by atoms with E-state index in [4.69, 9.17) is 10.2 Å². The van der Waals surface area contributed by atoms with Crippen LogP contribution in [-0.4, -0.2) is 36.6 Å². The standard InChI is InChI=1S/C12H14FNO6S/c1-7-6-8(13)2-4-10(7)21(19,20)14-9(12(17)18)3-5-11(15)16/h2,4,6,9,14H,3,5H2,1H3,(H,15,16)(H,17,18)/t9-/m0/s1. The van der Waals surface area contributed by atoms with E-state index in [-0.39, 0.29) is 10.5 Å². The number of sulfonamides is 1. The minimum absolute atomic E-state index is 0.116. The summed E-state index contributed by atoms with van der Waals surface area (Å²) in [5, 5.41) is 17.5. The number of rotatable bonds is 7. The normalized spacial score (nSPS) is 12.9. The Morgan fingerprint density at radius 3 is 2.43 bits per heavy atom. The fourth-order valence-electron chi connectivity index (χ4n) is 1.67. The smallest absolute Gasteiger partial charge is 0.321 e. The molecule has 0 amide bonds. The summed E-state index contributed by atoms with van der Waals surface area (Å²) in [7, 11) is -4.19. The van der Waals surface area contributed by atoms with Gasteiger partial charge in [0.05, 0.1) is 4.90 Å². The van der Waals surface area contributed by atoms with Crippen molar-refractivity contribution < 1.29 is 32.6 Å². The van der Waals surface area contributed by atoms with Gasteiger partial charge in [0.1, 0.15) is 11.9 Å². The van der Waals surface area contributed by atoms with E-state index in [2.05, 4.69) is 0 Å². The molecule has 0 aliphatic rings. The van der Waals surface area contributed by atoms with E-state index in [1.807, 2.05) is 4.72 Å². The third-order valence-electron chi connectivity index (χ3n) is 2.67. The zero-order valence-electron chi connectivity index (χ0n) is 11.0. The average Bonchev–Trinajstić information content (AvgIpc) is 2.33. The van der Waals surface area contributed by atoms with Crippen molar-refractivity contribution >= 4 is 22.0 Å². The third kappa shape index (κ3) is 4.80. The second-order valence-electron chi connectivity index (χ2n) is 4.35. The molecule has 0 aromatic heterocycles. The molecule has 0 aliphatic heterocycles. The van der Waals surface area contributed by atoms with Crippen molar-refractivity contribution in [3.63, 3.8) is 0 Å². The number of halogens is 1. The highest BCUT2D eigenvalue weighted by Crippen LogP contribution is 2.17. The van der Waals surface area contributed by atoms with Crippen LogP contribution in [0.2, 0.25) is 0 Å². The van der Waals surface area contributed by atoms with Crippen molar-refractivity contribution in [2.75, 3.05) is 0 Å². The molecule has 7 nitrogen and oxygen atoms in total. The van der Waals surface area contributed by atoms with Crippen LogP contribution in [-0.2, 0) is 19.6 Å². The molecule has 1 aromatic carbocycles. The monoisotopic (exact) mass is 319 g/mol. The zero-order chi connectivity index (χ0) is 16.2. The van der Waals surface area contributed by atoms with E-state index in [1.165, 1.54) is 6.92 Å². The molecule has 1 atom stereocenters. The van der Waals surface area contributed by atoms with Crippen molar-refractivity contribution in [3.8, 4) is 0 Å². The Kier molecular flexibility index (Phi) is 5.39. The molecule has 0 unspecified atom stereocenters. The number of carboxylic acid groups (broad SMARTS) is 2. The summed E-state index contributed by atoms with van der Waals surface area (Å²) < 4.78 is 39.0. The Hall–Kier alpha value is -2.00. The van der Waals surface area contributed by atoms with Crippen molar-refractivity contribution in [1.29, 1.82) is 0 Å². The van der Waals surface area contributed by atoms with Crippen LogP contribution in [0.25, 0.3) is 0 Å². The minimum atomic E-state index is -4.19. The van der Waals surface area contributed by atoms with Gasteiger partial charge < -0.3 is 10.2 Å². The van der Waals surface area contributed by atoms with Gasteiger partial charge in [-0.05, 0) is 37.1 Å². The summed E-state index contributed by atoms with van der Waals surface area (Å²) in [5.74, 6) is -3.34. The van der Waals surface area contributed by atoms with Gasteiger partial charge in [-0.15, -0.1) is 0 Å². The van der Waals surface area contributed by atoms with E-state index in [0.717, 1.165) is 18.2 Å².